The van der Waals surface area contributed by atoms with Crippen LogP contribution >= 0.6 is 0 Å². The summed E-state index contributed by atoms with van der Waals surface area (Å²) in [7, 11) is 0. The molecule has 0 aliphatic carbocycles. The Hall–Kier alpha value is -9.36. The molecule has 0 N–H and O–H groups in total. The fraction of sp³-hybridized carbons (Fsp3) is 0. The molecule has 14 aromatic rings. The summed E-state index contributed by atoms with van der Waals surface area (Å²) in [6.45, 7) is 0. The Balaban J connectivity index is 0.000000123. The normalized spacial score (nSPS) is 9.67. The van der Waals surface area contributed by atoms with E-state index in [9.17, 15) is 0 Å². The van der Waals surface area contributed by atoms with Crippen LogP contribution in [0, 0.1) is 0 Å². The molecule has 0 nitrogen and oxygen atoms in total. The standard InChI is InChI=1S/C14H10.4C10H8.3C6H6/c1-2-6-12-10-14-8-4-3-7-13(14)9-11(12)5-1;4*1-2-6-10-8-4-3-7-9(10)5-1;3*1-2-4-6-5-3-1/h1-10H;4*1-8H;3*1-6H. The first-order valence-electron chi connectivity index (χ1n) is 24.4. The van der Waals surface area contributed by atoms with E-state index in [0.29, 0.717) is 0 Å². The zero-order chi connectivity index (χ0) is 49.4. The van der Waals surface area contributed by atoms with E-state index in [1.54, 1.807) is 0 Å². The van der Waals surface area contributed by atoms with Crippen molar-refractivity contribution in [2.75, 3.05) is 0 Å². The molecule has 0 amide bonds. The van der Waals surface area contributed by atoms with Crippen molar-refractivity contribution in [3.8, 4) is 0 Å². The minimum atomic E-state index is 1.31. The van der Waals surface area contributed by atoms with Crippen LogP contribution in [0.4, 0.5) is 0 Å². The molecule has 0 aliphatic rings. The molecule has 0 atom stereocenters. The van der Waals surface area contributed by atoms with E-state index < -0.39 is 0 Å². The minimum Gasteiger partial charge on any atom is -0.0623 e. The summed E-state index contributed by atoms with van der Waals surface area (Å²) in [4.78, 5) is 0. The molecule has 0 radical (unpaired) electrons. The van der Waals surface area contributed by atoms with Crippen molar-refractivity contribution in [1.82, 2.24) is 0 Å². The van der Waals surface area contributed by atoms with E-state index in [1.165, 1.54) is 64.6 Å². The summed E-state index contributed by atoms with van der Waals surface area (Å²) in [6.07, 6.45) is 0. The van der Waals surface area contributed by atoms with Crippen molar-refractivity contribution in [3.63, 3.8) is 0 Å². The van der Waals surface area contributed by atoms with Crippen molar-refractivity contribution in [1.29, 1.82) is 0 Å². The van der Waals surface area contributed by atoms with Gasteiger partial charge in [0.05, 0.1) is 0 Å². The first-order valence-corrected chi connectivity index (χ1v) is 24.4. The fourth-order valence-corrected chi connectivity index (χ4v) is 7.57. The molecule has 0 saturated carbocycles. The minimum absolute atomic E-state index is 1.31. The second-order valence-electron chi connectivity index (χ2n) is 16.4. The Morgan fingerprint density at radius 2 is 0.167 bits per heavy atom. The predicted octanol–water partition coefficient (Wildman–Crippen LogP) is 20.4. The third kappa shape index (κ3) is 17.6. The highest BCUT2D eigenvalue weighted by molar-refractivity contribution is 5.98. The molecular weight excluding hydrogens is 865 g/mol. The lowest BCUT2D eigenvalue weighted by atomic mass is 10.0. The van der Waals surface area contributed by atoms with Gasteiger partial charge in [0.15, 0.2) is 0 Å². The van der Waals surface area contributed by atoms with Crippen molar-refractivity contribution in [2.45, 2.75) is 0 Å². The van der Waals surface area contributed by atoms with E-state index in [2.05, 4.69) is 255 Å². The van der Waals surface area contributed by atoms with Gasteiger partial charge < -0.3 is 0 Å². The second kappa shape index (κ2) is 30.2. The topological polar surface area (TPSA) is 0 Å². The van der Waals surface area contributed by atoms with E-state index in [1.807, 2.05) is 109 Å². The maximum atomic E-state index is 2.24. The highest BCUT2D eigenvalue weighted by Gasteiger charge is 1.95. The molecule has 14 rings (SSSR count). The summed E-state index contributed by atoms with van der Waals surface area (Å²) >= 11 is 0. The molecule has 0 saturated heterocycles. The quantitative estimate of drug-likeness (QED) is 0.133. The molecule has 0 aromatic heterocycles. The monoisotopic (exact) mass is 924 g/mol. The molecule has 0 unspecified atom stereocenters. The zero-order valence-corrected chi connectivity index (χ0v) is 40.6. The maximum Gasteiger partial charge on any atom is -0.0178 e. The lowest BCUT2D eigenvalue weighted by Gasteiger charge is -2.00. The van der Waals surface area contributed by atoms with E-state index in [0.717, 1.165) is 0 Å². The highest BCUT2D eigenvalue weighted by Crippen LogP contribution is 2.22. The Labute approximate surface area is 426 Å². The average Bonchev–Trinajstić information content (AvgIpc) is 3.49. The molecular formula is C72H60. The van der Waals surface area contributed by atoms with E-state index in [4.69, 9.17) is 0 Å². The Morgan fingerprint density at radius 3 is 0.264 bits per heavy atom. The van der Waals surface area contributed by atoms with Crippen molar-refractivity contribution in [2.24, 2.45) is 0 Å². The number of hydrogen-bond donors (Lipinski definition) is 0. The van der Waals surface area contributed by atoms with Crippen LogP contribution in [0.15, 0.2) is 364 Å². The molecule has 0 heterocycles. The Morgan fingerprint density at radius 1 is 0.0833 bits per heavy atom. The first kappa shape index (κ1) is 50.5. The van der Waals surface area contributed by atoms with Gasteiger partial charge in [-0.05, 0) is 76.8 Å². The third-order valence-electron chi connectivity index (χ3n) is 11.2. The van der Waals surface area contributed by atoms with Gasteiger partial charge in [-0.15, -0.1) is 0 Å². The van der Waals surface area contributed by atoms with Crippen molar-refractivity contribution in [3.05, 3.63) is 364 Å². The molecule has 0 spiro atoms. The van der Waals surface area contributed by atoms with Gasteiger partial charge >= 0.3 is 0 Å². The molecule has 14 aromatic carbocycles. The molecule has 0 fully saturated rings. The number of fused-ring (bicyclic) bond motifs is 6. The van der Waals surface area contributed by atoms with Gasteiger partial charge in [0.25, 0.3) is 0 Å². The third-order valence-corrected chi connectivity index (χ3v) is 11.2. The van der Waals surface area contributed by atoms with Gasteiger partial charge in [0.1, 0.15) is 0 Å². The first-order chi connectivity index (χ1) is 35.8. The van der Waals surface area contributed by atoms with Gasteiger partial charge in [-0.3, -0.25) is 0 Å². The van der Waals surface area contributed by atoms with E-state index >= 15 is 0 Å². The number of rotatable bonds is 0. The van der Waals surface area contributed by atoms with Gasteiger partial charge in [-0.25, -0.2) is 0 Å². The smallest absolute Gasteiger partial charge is 0.0178 e. The number of hydrogen-bond acceptors (Lipinski definition) is 0. The summed E-state index contributed by atoms with van der Waals surface area (Å²) in [5, 5.41) is 15.7. The van der Waals surface area contributed by atoms with Crippen LogP contribution in [0.5, 0.6) is 0 Å². The molecule has 72 heavy (non-hydrogen) atoms. The summed E-state index contributed by atoms with van der Waals surface area (Å²) < 4.78 is 0. The highest BCUT2D eigenvalue weighted by atomic mass is 14.0. The summed E-state index contributed by atoms with van der Waals surface area (Å²) in [6, 6.07) is 124. The Kier molecular flexibility index (Phi) is 21.2. The molecule has 348 valence electrons. The van der Waals surface area contributed by atoms with Gasteiger partial charge in [0.2, 0.25) is 0 Å². The molecule has 0 heteroatoms. The lowest BCUT2D eigenvalue weighted by molar-refractivity contribution is 1.72. The predicted molar refractivity (Wildman–Crippen MR) is 317 cm³/mol. The Bertz CT molecular complexity index is 2830. The zero-order valence-electron chi connectivity index (χ0n) is 40.6. The van der Waals surface area contributed by atoms with Gasteiger partial charge in [-0.2, -0.15) is 0 Å². The number of benzene rings is 14. The second-order valence-corrected chi connectivity index (χ2v) is 16.4. The van der Waals surface area contributed by atoms with Gasteiger partial charge in [-0.1, -0.05) is 352 Å². The SMILES string of the molecule is c1ccc2cc3ccccc3cc2c1.c1ccc2ccccc2c1.c1ccc2ccccc2c1.c1ccc2ccccc2c1.c1ccc2ccccc2c1.c1ccccc1.c1ccccc1.c1ccccc1. The van der Waals surface area contributed by atoms with Gasteiger partial charge in [0, 0.05) is 0 Å². The van der Waals surface area contributed by atoms with Crippen molar-refractivity contribution >= 4 is 64.6 Å². The van der Waals surface area contributed by atoms with Crippen LogP contribution in [-0.4, -0.2) is 0 Å². The van der Waals surface area contributed by atoms with Crippen LogP contribution < -0.4 is 0 Å². The fourth-order valence-electron chi connectivity index (χ4n) is 7.57. The molecule has 0 bridgehead atoms. The average molecular weight is 925 g/mol. The van der Waals surface area contributed by atoms with Crippen molar-refractivity contribution < 1.29 is 0 Å². The van der Waals surface area contributed by atoms with E-state index in [-0.39, 0.29) is 0 Å². The van der Waals surface area contributed by atoms with Crippen LogP contribution in [0.1, 0.15) is 0 Å². The lowest BCUT2D eigenvalue weighted by Crippen LogP contribution is -1.74. The summed E-state index contributed by atoms with van der Waals surface area (Å²) in [5.41, 5.74) is 0. The summed E-state index contributed by atoms with van der Waals surface area (Å²) in [5.74, 6) is 0. The largest absolute Gasteiger partial charge is 0.0623 e. The molecule has 0 aliphatic heterocycles. The van der Waals surface area contributed by atoms with Crippen LogP contribution in [0.2, 0.25) is 0 Å². The van der Waals surface area contributed by atoms with Crippen LogP contribution in [0.25, 0.3) is 64.6 Å². The van der Waals surface area contributed by atoms with Crippen LogP contribution in [0.3, 0.4) is 0 Å². The maximum absolute atomic E-state index is 2.24. The van der Waals surface area contributed by atoms with Crippen LogP contribution in [-0.2, 0) is 0 Å².